The quantitative estimate of drug-likeness (QED) is 0.317. The summed E-state index contributed by atoms with van der Waals surface area (Å²) in [4.78, 5) is 34.7. The summed E-state index contributed by atoms with van der Waals surface area (Å²) in [5.41, 5.74) is 1.40. The molecule has 3 aromatic rings. The number of aryl methyl sites for hydroxylation is 1. The van der Waals surface area contributed by atoms with Crippen LogP contribution in [0.15, 0.2) is 38.4 Å². The number of anilines is 1. The van der Waals surface area contributed by atoms with Crippen LogP contribution in [0, 0.1) is 0 Å². The van der Waals surface area contributed by atoms with Crippen molar-refractivity contribution in [3.8, 4) is 0 Å². The standard InChI is InChI=1S/C10H10N8O2S/c1-17-10(14-7(19)8(20)16-17)21-9-6-12-2-3-18(6)4-5(13-9)15-11/h2-4,15H,11H2,1H3,(H,16,20). The van der Waals surface area contributed by atoms with Gasteiger partial charge >= 0.3 is 11.1 Å². The second-order valence-corrected chi connectivity index (χ2v) is 4.99. The summed E-state index contributed by atoms with van der Waals surface area (Å²) in [6.45, 7) is 0. The number of fused-ring (bicyclic) bond motifs is 1. The van der Waals surface area contributed by atoms with E-state index in [9.17, 15) is 9.59 Å². The maximum Gasteiger partial charge on any atom is 0.339 e. The average molecular weight is 306 g/mol. The van der Waals surface area contributed by atoms with Crippen LogP contribution in [0.3, 0.4) is 0 Å². The van der Waals surface area contributed by atoms with Crippen molar-refractivity contribution in [2.75, 3.05) is 5.43 Å². The van der Waals surface area contributed by atoms with Crippen molar-refractivity contribution in [1.82, 2.24) is 29.1 Å². The molecule has 0 aliphatic carbocycles. The summed E-state index contributed by atoms with van der Waals surface area (Å²) in [6.07, 6.45) is 5.02. The molecule has 21 heavy (non-hydrogen) atoms. The molecule has 0 aliphatic rings. The first-order valence-electron chi connectivity index (χ1n) is 5.74. The van der Waals surface area contributed by atoms with Gasteiger partial charge < -0.3 is 9.83 Å². The molecule has 108 valence electrons. The number of nitrogens with zero attached hydrogens (tertiary/aromatic N) is 5. The largest absolute Gasteiger partial charge is 0.339 e. The topological polar surface area (TPSA) is 136 Å². The molecule has 3 heterocycles. The van der Waals surface area contributed by atoms with Gasteiger partial charge in [0.1, 0.15) is 5.03 Å². The number of aromatic nitrogens is 6. The molecule has 0 unspecified atom stereocenters. The van der Waals surface area contributed by atoms with Gasteiger partial charge in [-0.05, 0) is 11.8 Å². The molecule has 0 bridgehead atoms. The van der Waals surface area contributed by atoms with Gasteiger partial charge in [0, 0.05) is 19.4 Å². The highest BCUT2D eigenvalue weighted by atomic mass is 32.2. The fraction of sp³-hybridized carbons (Fsp3) is 0.100. The summed E-state index contributed by atoms with van der Waals surface area (Å²) in [7, 11) is 1.57. The van der Waals surface area contributed by atoms with E-state index in [1.807, 2.05) is 0 Å². The first-order valence-corrected chi connectivity index (χ1v) is 6.55. The van der Waals surface area contributed by atoms with E-state index >= 15 is 0 Å². The summed E-state index contributed by atoms with van der Waals surface area (Å²) in [5.74, 6) is 5.80. The normalized spacial score (nSPS) is 11.0. The lowest BCUT2D eigenvalue weighted by Gasteiger charge is -2.08. The van der Waals surface area contributed by atoms with Gasteiger partial charge in [0.2, 0.25) is 0 Å². The highest BCUT2D eigenvalue weighted by Crippen LogP contribution is 2.27. The predicted molar refractivity (Wildman–Crippen MR) is 75.0 cm³/mol. The number of H-pyrrole nitrogens is 1. The summed E-state index contributed by atoms with van der Waals surface area (Å²) >= 11 is 1.09. The molecule has 3 rings (SSSR count). The first-order chi connectivity index (χ1) is 10.1. The van der Waals surface area contributed by atoms with Gasteiger partial charge in [-0.25, -0.2) is 15.8 Å². The fourth-order valence-corrected chi connectivity index (χ4v) is 2.56. The van der Waals surface area contributed by atoms with Gasteiger partial charge in [-0.15, -0.1) is 0 Å². The van der Waals surface area contributed by atoms with Crippen LogP contribution in [-0.4, -0.2) is 29.1 Å². The van der Waals surface area contributed by atoms with Crippen LogP contribution in [0.1, 0.15) is 0 Å². The molecule has 0 aromatic carbocycles. The average Bonchev–Trinajstić information content (AvgIpc) is 2.93. The molecule has 4 N–H and O–H groups in total. The summed E-state index contributed by atoms with van der Waals surface area (Å²) in [5, 5.41) is 3.14. The van der Waals surface area contributed by atoms with Crippen LogP contribution in [-0.2, 0) is 7.05 Å². The summed E-state index contributed by atoms with van der Waals surface area (Å²) in [6, 6.07) is 0. The van der Waals surface area contributed by atoms with Crippen LogP contribution in [0.5, 0.6) is 0 Å². The number of hydrogen-bond acceptors (Lipinski definition) is 8. The van der Waals surface area contributed by atoms with Crippen LogP contribution in [0.2, 0.25) is 0 Å². The van der Waals surface area contributed by atoms with E-state index in [2.05, 4.69) is 25.5 Å². The second-order valence-electron chi connectivity index (χ2n) is 4.04. The molecule has 0 saturated carbocycles. The molecule has 10 nitrogen and oxygen atoms in total. The molecule has 0 radical (unpaired) electrons. The zero-order chi connectivity index (χ0) is 15.0. The number of nitrogens with two attached hydrogens (primary N) is 1. The molecule has 3 aromatic heterocycles. The van der Waals surface area contributed by atoms with Crippen LogP contribution < -0.4 is 22.4 Å². The number of nitrogens with one attached hydrogen (secondary N) is 2. The predicted octanol–water partition coefficient (Wildman–Crippen LogP) is -1.05. The molecule has 0 saturated heterocycles. The number of hydrogen-bond donors (Lipinski definition) is 3. The van der Waals surface area contributed by atoms with Gasteiger partial charge in [-0.2, -0.15) is 4.98 Å². The molecule has 11 heteroatoms. The zero-order valence-corrected chi connectivity index (χ0v) is 11.6. The molecule has 0 amide bonds. The van der Waals surface area contributed by atoms with Crippen molar-refractivity contribution >= 4 is 23.2 Å². The Morgan fingerprint density at radius 3 is 2.95 bits per heavy atom. The SMILES string of the molecule is Cn1[nH]c(=O)c(=O)nc1Sc1nc(NN)cn2ccnc12. The lowest BCUT2D eigenvalue weighted by molar-refractivity contribution is 0.596. The Balaban J connectivity index is 2.13. The van der Waals surface area contributed by atoms with Crippen LogP contribution in [0.4, 0.5) is 5.82 Å². The monoisotopic (exact) mass is 306 g/mol. The highest BCUT2D eigenvalue weighted by molar-refractivity contribution is 7.99. The van der Waals surface area contributed by atoms with Gasteiger partial charge in [0.25, 0.3) is 0 Å². The van der Waals surface area contributed by atoms with Crippen molar-refractivity contribution in [2.24, 2.45) is 12.9 Å². The molecular formula is C10H10N8O2S. The Morgan fingerprint density at radius 1 is 1.38 bits per heavy atom. The number of aromatic amines is 1. The van der Waals surface area contributed by atoms with Crippen LogP contribution >= 0.6 is 11.8 Å². The molecule has 0 spiro atoms. The third-order valence-electron chi connectivity index (χ3n) is 2.63. The molecule has 0 fully saturated rings. The number of rotatable bonds is 3. The maximum atomic E-state index is 11.4. The highest BCUT2D eigenvalue weighted by Gasteiger charge is 2.13. The lowest BCUT2D eigenvalue weighted by atomic mass is 10.6. The maximum absolute atomic E-state index is 11.4. The zero-order valence-electron chi connectivity index (χ0n) is 10.8. The van der Waals surface area contributed by atoms with Gasteiger partial charge in [-0.1, -0.05) is 0 Å². The third-order valence-corrected chi connectivity index (χ3v) is 3.64. The third kappa shape index (κ3) is 2.39. The number of nitrogen functional groups attached to an aromatic ring is 1. The molecule has 0 atom stereocenters. The minimum Gasteiger partial charge on any atom is -0.307 e. The van der Waals surface area contributed by atoms with Gasteiger partial charge in [-0.3, -0.25) is 19.4 Å². The van der Waals surface area contributed by atoms with Crippen molar-refractivity contribution in [2.45, 2.75) is 10.2 Å². The molecule has 0 aliphatic heterocycles. The van der Waals surface area contributed by atoms with Crippen LogP contribution in [0.25, 0.3) is 5.65 Å². The van der Waals surface area contributed by atoms with E-state index in [0.29, 0.717) is 16.5 Å². The van der Waals surface area contributed by atoms with E-state index in [4.69, 9.17) is 5.84 Å². The second kappa shape index (κ2) is 5.03. The molecular weight excluding hydrogens is 296 g/mol. The van der Waals surface area contributed by atoms with E-state index < -0.39 is 11.1 Å². The number of imidazole rings is 1. The van der Waals surface area contributed by atoms with E-state index in [0.717, 1.165) is 11.8 Å². The van der Waals surface area contributed by atoms with Crippen molar-refractivity contribution in [1.29, 1.82) is 0 Å². The van der Waals surface area contributed by atoms with Gasteiger partial charge in [0.15, 0.2) is 16.6 Å². The lowest BCUT2D eigenvalue weighted by Crippen LogP contribution is -2.33. The van der Waals surface area contributed by atoms with Crippen molar-refractivity contribution in [3.05, 3.63) is 39.3 Å². The van der Waals surface area contributed by atoms with E-state index in [1.165, 1.54) is 4.68 Å². The Labute approximate surface area is 121 Å². The van der Waals surface area contributed by atoms with E-state index in [-0.39, 0.29) is 5.16 Å². The number of hydrazine groups is 1. The fourth-order valence-electron chi connectivity index (χ4n) is 1.68. The Bertz CT molecular complexity index is 927. The Hall–Kier alpha value is -2.66. The Morgan fingerprint density at radius 2 is 2.19 bits per heavy atom. The van der Waals surface area contributed by atoms with E-state index in [1.54, 1.807) is 30.0 Å². The Kier molecular flexibility index (Phi) is 3.19. The smallest absolute Gasteiger partial charge is 0.307 e. The first kappa shape index (κ1) is 13.3. The van der Waals surface area contributed by atoms with Crippen molar-refractivity contribution < 1.29 is 0 Å². The van der Waals surface area contributed by atoms with Gasteiger partial charge in [0.05, 0.1) is 6.20 Å². The van der Waals surface area contributed by atoms with Crippen molar-refractivity contribution in [3.63, 3.8) is 0 Å². The minimum atomic E-state index is -0.858. The summed E-state index contributed by atoms with van der Waals surface area (Å²) < 4.78 is 3.08. The minimum absolute atomic E-state index is 0.283.